The summed E-state index contributed by atoms with van der Waals surface area (Å²) in [6.07, 6.45) is 3.60. The summed E-state index contributed by atoms with van der Waals surface area (Å²) in [4.78, 5) is 2.41. The zero-order valence-corrected chi connectivity index (χ0v) is 15.9. The van der Waals surface area contributed by atoms with Crippen LogP contribution < -0.4 is 5.32 Å². The predicted molar refractivity (Wildman–Crippen MR) is 112 cm³/mol. The van der Waals surface area contributed by atoms with Crippen LogP contribution in [0.1, 0.15) is 35.7 Å². The van der Waals surface area contributed by atoms with Crippen molar-refractivity contribution >= 4 is 33.9 Å². The summed E-state index contributed by atoms with van der Waals surface area (Å²) in [5.74, 6) is 0. The lowest BCUT2D eigenvalue weighted by atomic mass is 9.89. The summed E-state index contributed by atoms with van der Waals surface area (Å²) in [6, 6.07) is 17.6. The van der Waals surface area contributed by atoms with E-state index >= 15 is 0 Å². The molecule has 0 unspecified atom stereocenters. The van der Waals surface area contributed by atoms with Crippen LogP contribution in [0, 0.1) is 6.92 Å². The molecule has 0 fully saturated rings. The molecular formula is C22H23N3S. The Morgan fingerprint density at radius 1 is 1.12 bits per heavy atom. The van der Waals surface area contributed by atoms with E-state index < -0.39 is 0 Å². The van der Waals surface area contributed by atoms with Crippen molar-refractivity contribution in [3.05, 3.63) is 65.4 Å². The molecule has 2 aromatic carbocycles. The van der Waals surface area contributed by atoms with Crippen LogP contribution in [-0.4, -0.2) is 21.1 Å². The molecule has 1 N–H and O–H groups in total. The van der Waals surface area contributed by atoms with Crippen LogP contribution >= 0.6 is 12.2 Å². The number of benzene rings is 2. The lowest BCUT2D eigenvalue weighted by molar-refractivity contribution is 0.235. The fraction of sp³-hybridized carbons (Fsp3) is 0.318. The molecule has 5 rings (SSSR count). The van der Waals surface area contributed by atoms with Crippen LogP contribution in [0.15, 0.2) is 48.5 Å². The second-order valence-corrected chi connectivity index (χ2v) is 7.82. The molecular weight excluding hydrogens is 338 g/mol. The van der Waals surface area contributed by atoms with Gasteiger partial charge in [0.25, 0.3) is 0 Å². The first kappa shape index (κ1) is 15.9. The zero-order valence-electron chi connectivity index (χ0n) is 15.0. The van der Waals surface area contributed by atoms with Gasteiger partial charge in [0.1, 0.15) is 0 Å². The topological polar surface area (TPSA) is 20.2 Å². The summed E-state index contributed by atoms with van der Waals surface area (Å²) in [7, 11) is 0. The zero-order chi connectivity index (χ0) is 17.7. The fourth-order valence-electron chi connectivity index (χ4n) is 4.68. The first-order valence-electron chi connectivity index (χ1n) is 9.46. The number of anilines is 1. The summed E-state index contributed by atoms with van der Waals surface area (Å²) in [6.45, 7) is 4.16. The van der Waals surface area contributed by atoms with Crippen LogP contribution in [0.4, 0.5) is 5.69 Å². The number of hydrogen-bond acceptors (Lipinski definition) is 1. The molecule has 26 heavy (non-hydrogen) atoms. The Bertz CT molecular complexity index is 990. The Hall–Kier alpha value is -2.33. The van der Waals surface area contributed by atoms with Gasteiger partial charge in [0.05, 0.1) is 6.04 Å². The van der Waals surface area contributed by atoms with E-state index in [0.29, 0.717) is 6.04 Å². The quantitative estimate of drug-likeness (QED) is 0.613. The average molecular weight is 362 g/mol. The number of nitrogens with one attached hydrogen (secondary N) is 1. The van der Waals surface area contributed by atoms with E-state index in [-0.39, 0.29) is 0 Å². The van der Waals surface area contributed by atoms with Crippen molar-refractivity contribution in [1.29, 1.82) is 0 Å². The van der Waals surface area contributed by atoms with Gasteiger partial charge in [-0.3, -0.25) is 0 Å². The third-order valence-corrected chi connectivity index (χ3v) is 6.15. The molecule has 1 aromatic heterocycles. The number of aromatic nitrogens is 1. The summed E-state index contributed by atoms with van der Waals surface area (Å²) in [5.41, 5.74) is 6.86. The van der Waals surface area contributed by atoms with Crippen molar-refractivity contribution < 1.29 is 0 Å². The van der Waals surface area contributed by atoms with E-state index in [4.69, 9.17) is 12.2 Å². The number of rotatable bonds is 1. The number of thiocarbonyl (C=S) groups is 1. The summed E-state index contributed by atoms with van der Waals surface area (Å²) >= 11 is 5.80. The largest absolute Gasteiger partial charge is 0.341 e. The number of nitrogens with zero attached hydrogens (tertiary/aromatic N) is 2. The van der Waals surface area contributed by atoms with Crippen LogP contribution in [0.25, 0.3) is 10.9 Å². The Kier molecular flexibility index (Phi) is 3.75. The second-order valence-electron chi connectivity index (χ2n) is 7.43. The van der Waals surface area contributed by atoms with Gasteiger partial charge in [0.2, 0.25) is 0 Å². The van der Waals surface area contributed by atoms with Crippen LogP contribution in [-0.2, 0) is 13.0 Å². The Balaban J connectivity index is 1.54. The minimum Gasteiger partial charge on any atom is -0.341 e. The third-order valence-electron chi connectivity index (χ3n) is 5.81. The van der Waals surface area contributed by atoms with E-state index in [2.05, 4.69) is 52.0 Å². The minimum absolute atomic E-state index is 0.393. The Morgan fingerprint density at radius 2 is 1.96 bits per heavy atom. The van der Waals surface area contributed by atoms with E-state index in [1.54, 1.807) is 5.56 Å². The molecule has 1 aliphatic carbocycles. The van der Waals surface area contributed by atoms with Crippen LogP contribution in [0.2, 0.25) is 0 Å². The van der Waals surface area contributed by atoms with E-state index in [9.17, 15) is 0 Å². The molecule has 132 valence electrons. The lowest BCUT2D eigenvalue weighted by Crippen LogP contribution is -2.45. The Morgan fingerprint density at radius 3 is 2.81 bits per heavy atom. The van der Waals surface area contributed by atoms with Crippen molar-refractivity contribution in [2.75, 3.05) is 11.9 Å². The highest BCUT2D eigenvalue weighted by Crippen LogP contribution is 2.42. The Labute approximate surface area is 159 Å². The number of hydrogen-bond donors (Lipinski definition) is 1. The molecule has 0 saturated carbocycles. The first-order chi connectivity index (χ1) is 12.7. The van der Waals surface area contributed by atoms with Gasteiger partial charge in [-0.25, -0.2) is 0 Å². The van der Waals surface area contributed by atoms with Gasteiger partial charge in [0.15, 0.2) is 5.11 Å². The van der Waals surface area contributed by atoms with Gasteiger partial charge < -0.3 is 14.8 Å². The smallest absolute Gasteiger partial charge is 0.174 e. The van der Waals surface area contributed by atoms with E-state index in [1.165, 1.54) is 41.4 Å². The minimum atomic E-state index is 0.393. The molecule has 2 heterocycles. The highest BCUT2D eigenvalue weighted by molar-refractivity contribution is 7.80. The highest BCUT2D eigenvalue weighted by Gasteiger charge is 2.35. The van der Waals surface area contributed by atoms with Crippen molar-refractivity contribution in [3.8, 4) is 0 Å². The van der Waals surface area contributed by atoms with E-state index in [0.717, 1.165) is 23.9 Å². The molecule has 0 saturated heterocycles. The maximum Gasteiger partial charge on any atom is 0.174 e. The van der Waals surface area contributed by atoms with Gasteiger partial charge in [-0.1, -0.05) is 29.8 Å². The number of fused-ring (bicyclic) bond motifs is 3. The molecule has 2 aliphatic rings. The number of para-hydroxylation sites is 1. The molecule has 0 bridgehead atoms. The van der Waals surface area contributed by atoms with Crippen molar-refractivity contribution in [2.45, 2.75) is 38.8 Å². The van der Waals surface area contributed by atoms with Gasteiger partial charge in [-0.15, -0.1) is 0 Å². The summed E-state index contributed by atoms with van der Waals surface area (Å²) in [5, 5.41) is 5.74. The SMILES string of the molecule is Cc1ccc2c(c1)c1c3n2CCN(C(=S)Nc2ccccc2)[C@@H]3CCC1. The maximum atomic E-state index is 5.80. The predicted octanol–water partition coefficient (Wildman–Crippen LogP) is 5.04. The highest BCUT2D eigenvalue weighted by atomic mass is 32.1. The van der Waals surface area contributed by atoms with Crippen LogP contribution in [0.3, 0.4) is 0 Å². The average Bonchev–Trinajstić information content (AvgIpc) is 2.98. The van der Waals surface area contributed by atoms with Crippen molar-refractivity contribution in [2.24, 2.45) is 0 Å². The molecule has 4 heteroatoms. The van der Waals surface area contributed by atoms with Gasteiger partial charge in [-0.2, -0.15) is 0 Å². The van der Waals surface area contributed by atoms with Crippen molar-refractivity contribution in [3.63, 3.8) is 0 Å². The molecule has 0 radical (unpaired) electrons. The number of aryl methyl sites for hydroxylation is 2. The standard InChI is InChI=1S/C22H23N3S/c1-15-10-11-19-18(14-15)17-8-5-9-20-21(17)24(19)12-13-25(20)22(26)23-16-6-3-2-4-7-16/h2-4,6-7,10-11,14,20H,5,8-9,12-13H2,1H3,(H,23,26)/t20-/m1/s1. The maximum absolute atomic E-state index is 5.80. The molecule has 1 atom stereocenters. The molecule has 1 aliphatic heterocycles. The fourth-order valence-corrected chi connectivity index (χ4v) is 5.01. The monoisotopic (exact) mass is 361 g/mol. The third kappa shape index (κ3) is 2.43. The molecule has 3 nitrogen and oxygen atoms in total. The van der Waals surface area contributed by atoms with Gasteiger partial charge in [-0.05, 0) is 68.2 Å². The van der Waals surface area contributed by atoms with Crippen molar-refractivity contribution in [1.82, 2.24) is 9.47 Å². The normalized spacial score (nSPS) is 18.7. The summed E-state index contributed by atoms with van der Waals surface area (Å²) < 4.78 is 2.55. The molecule has 3 aromatic rings. The second kappa shape index (κ2) is 6.13. The van der Waals surface area contributed by atoms with E-state index in [1.807, 2.05) is 18.2 Å². The molecule has 0 spiro atoms. The molecule has 0 amide bonds. The van der Waals surface area contributed by atoms with Gasteiger partial charge in [0, 0.05) is 35.4 Å². The van der Waals surface area contributed by atoms with Gasteiger partial charge >= 0.3 is 0 Å². The van der Waals surface area contributed by atoms with Crippen LogP contribution in [0.5, 0.6) is 0 Å². The lowest BCUT2D eigenvalue weighted by Gasteiger charge is -2.41. The first-order valence-corrected chi connectivity index (χ1v) is 9.87.